The van der Waals surface area contributed by atoms with Crippen LogP contribution in [0, 0.1) is 0 Å². The molecule has 0 unspecified atom stereocenters. The molecule has 0 aliphatic carbocycles. The Morgan fingerprint density at radius 1 is 0.818 bits per heavy atom. The highest BCUT2D eigenvalue weighted by atomic mass is 16.5. The number of aryl methyl sites for hydroxylation is 1. The smallest absolute Gasteiger partial charge is 0.224 e. The number of nitrogens with zero attached hydrogens (tertiary/aromatic N) is 1. The van der Waals surface area contributed by atoms with E-state index < -0.39 is 0 Å². The van der Waals surface area contributed by atoms with Gasteiger partial charge in [0.2, 0.25) is 5.91 Å². The summed E-state index contributed by atoms with van der Waals surface area (Å²) in [6.07, 6.45) is 1.13. The molecule has 3 aromatic carbocycles. The molecule has 1 amide bonds. The predicted octanol–water partition coefficient (Wildman–Crippen LogP) is 6.00. The number of anilines is 1. The number of hydrogen-bond acceptors (Lipinski definition) is 4. The summed E-state index contributed by atoms with van der Waals surface area (Å²) in [5.41, 5.74) is 5.24. The van der Waals surface area contributed by atoms with E-state index in [0.29, 0.717) is 12.8 Å². The average Bonchev–Trinajstić information content (AvgIpc) is 2.88. The molecule has 0 saturated carbocycles. The number of ether oxygens (including phenoxy) is 2. The second-order valence-electron chi connectivity index (χ2n) is 7.59. The van der Waals surface area contributed by atoms with Crippen molar-refractivity contribution in [3.8, 4) is 34.0 Å². The first-order chi connectivity index (χ1) is 16.2. The molecule has 5 heteroatoms. The van der Waals surface area contributed by atoms with Crippen molar-refractivity contribution in [3.05, 3.63) is 96.6 Å². The molecule has 0 atom stereocenters. The Labute approximate surface area is 194 Å². The Bertz CT molecular complexity index is 1240. The first-order valence-corrected chi connectivity index (χ1v) is 10.8. The van der Waals surface area contributed by atoms with E-state index in [9.17, 15) is 4.79 Å². The van der Waals surface area contributed by atoms with Gasteiger partial charge in [-0.3, -0.25) is 4.79 Å². The van der Waals surface area contributed by atoms with Crippen LogP contribution in [0.25, 0.3) is 22.5 Å². The van der Waals surface area contributed by atoms with Crippen LogP contribution in [0.4, 0.5) is 5.69 Å². The summed E-state index contributed by atoms with van der Waals surface area (Å²) in [4.78, 5) is 17.3. The van der Waals surface area contributed by atoms with Crippen LogP contribution >= 0.6 is 0 Å². The highest BCUT2D eigenvalue weighted by Crippen LogP contribution is 2.33. The van der Waals surface area contributed by atoms with Crippen molar-refractivity contribution in [1.29, 1.82) is 0 Å². The normalized spacial score (nSPS) is 10.5. The Morgan fingerprint density at radius 3 is 2.39 bits per heavy atom. The van der Waals surface area contributed by atoms with E-state index in [0.717, 1.165) is 45.3 Å². The maximum absolute atomic E-state index is 12.5. The highest BCUT2D eigenvalue weighted by molar-refractivity contribution is 5.91. The molecule has 4 rings (SSSR count). The number of methoxy groups -OCH3 is 2. The zero-order valence-electron chi connectivity index (χ0n) is 18.7. The van der Waals surface area contributed by atoms with Gasteiger partial charge in [-0.1, -0.05) is 48.5 Å². The molecule has 1 aromatic heterocycles. The van der Waals surface area contributed by atoms with Gasteiger partial charge in [-0.05, 0) is 54.4 Å². The van der Waals surface area contributed by atoms with Crippen LogP contribution in [0.3, 0.4) is 0 Å². The van der Waals surface area contributed by atoms with Crippen molar-refractivity contribution in [2.45, 2.75) is 12.8 Å². The molecule has 166 valence electrons. The lowest BCUT2D eigenvalue weighted by Gasteiger charge is -2.12. The summed E-state index contributed by atoms with van der Waals surface area (Å²) in [6.45, 7) is 0. The maximum atomic E-state index is 12.5. The largest absolute Gasteiger partial charge is 0.497 e. The number of pyridine rings is 1. The van der Waals surface area contributed by atoms with E-state index >= 15 is 0 Å². The fourth-order valence-electron chi connectivity index (χ4n) is 3.64. The van der Waals surface area contributed by atoms with Gasteiger partial charge in [-0.15, -0.1) is 0 Å². The number of nitrogens with one attached hydrogen (secondary N) is 1. The first-order valence-electron chi connectivity index (χ1n) is 10.8. The molecule has 0 bridgehead atoms. The third kappa shape index (κ3) is 5.57. The van der Waals surface area contributed by atoms with Crippen LogP contribution in [0.15, 0.2) is 91.0 Å². The molecule has 4 aromatic rings. The van der Waals surface area contributed by atoms with Crippen molar-refractivity contribution in [1.82, 2.24) is 4.98 Å². The lowest BCUT2D eigenvalue weighted by atomic mass is 10.1. The number of carbonyl (C=O) groups is 1. The third-order valence-corrected chi connectivity index (χ3v) is 5.36. The first kappa shape index (κ1) is 22.1. The van der Waals surface area contributed by atoms with Gasteiger partial charge in [0, 0.05) is 23.2 Å². The van der Waals surface area contributed by atoms with Crippen molar-refractivity contribution < 1.29 is 14.3 Å². The fraction of sp³-hybridized carbons (Fsp3) is 0.143. The molecule has 0 saturated heterocycles. The van der Waals surface area contributed by atoms with Crippen LogP contribution in [0.1, 0.15) is 12.0 Å². The van der Waals surface area contributed by atoms with E-state index in [1.807, 2.05) is 91.0 Å². The van der Waals surface area contributed by atoms with Crippen molar-refractivity contribution in [2.75, 3.05) is 19.5 Å². The monoisotopic (exact) mass is 438 g/mol. The number of hydrogen-bond donors (Lipinski definition) is 1. The van der Waals surface area contributed by atoms with E-state index in [4.69, 9.17) is 14.5 Å². The van der Waals surface area contributed by atoms with E-state index in [2.05, 4.69) is 5.32 Å². The van der Waals surface area contributed by atoms with Gasteiger partial charge in [-0.25, -0.2) is 4.98 Å². The molecular formula is C28H26N2O3. The van der Waals surface area contributed by atoms with Gasteiger partial charge in [0.1, 0.15) is 11.5 Å². The van der Waals surface area contributed by atoms with Crippen LogP contribution in [0.2, 0.25) is 0 Å². The van der Waals surface area contributed by atoms with E-state index in [1.165, 1.54) is 0 Å². The molecule has 0 spiro atoms. The molecule has 0 radical (unpaired) electrons. The van der Waals surface area contributed by atoms with Crippen molar-refractivity contribution in [2.24, 2.45) is 0 Å². The predicted molar refractivity (Wildman–Crippen MR) is 132 cm³/mol. The average molecular weight is 439 g/mol. The van der Waals surface area contributed by atoms with Crippen LogP contribution < -0.4 is 14.8 Å². The van der Waals surface area contributed by atoms with Gasteiger partial charge in [-0.2, -0.15) is 0 Å². The van der Waals surface area contributed by atoms with Gasteiger partial charge in [0.15, 0.2) is 0 Å². The van der Waals surface area contributed by atoms with Gasteiger partial charge >= 0.3 is 0 Å². The second-order valence-corrected chi connectivity index (χ2v) is 7.59. The Kier molecular flexibility index (Phi) is 7.00. The van der Waals surface area contributed by atoms with Crippen molar-refractivity contribution >= 4 is 11.6 Å². The summed E-state index contributed by atoms with van der Waals surface area (Å²) >= 11 is 0. The highest BCUT2D eigenvalue weighted by Gasteiger charge is 2.11. The topological polar surface area (TPSA) is 60.5 Å². The molecule has 33 heavy (non-hydrogen) atoms. The molecule has 0 fully saturated rings. The number of carbonyl (C=O) groups excluding carboxylic acids is 1. The zero-order valence-corrected chi connectivity index (χ0v) is 18.7. The summed E-state index contributed by atoms with van der Waals surface area (Å²) in [5, 5.41) is 3.00. The van der Waals surface area contributed by atoms with E-state index in [1.54, 1.807) is 14.2 Å². The van der Waals surface area contributed by atoms with Crippen LogP contribution in [-0.4, -0.2) is 25.1 Å². The van der Waals surface area contributed by atoms with Crippen molar-refractivity contribution in [3.63, 3.8) is 0 Å². The second kappa shape index (κ2) is 10.5. The minimum absolute atomic E-state index is 0.0150. The molecule has 0 aliphatic heterocycles. The van der Waals surface area contributed by atoms with Crippen LogP contribution in [-0.2, 0) is 11.2 Å². The quantitative estimate of drug-likeness (QED) is 0.366. The zero-order chi connectivity index (χ0) is 23.0. The maximum Gasteiger partial charge on any atom is 0.224 e. The summed E-state index contributed by atoms with van der Waals surface area (Å²) < 4.78 is 10.9. The number of rotatable bonds is 8. The summed E-state index contributed by atoms with van der Waals surface area (Å²) in [5.74, 6) is 1.44. The minimum Gasteiger partial charge on any atom is -0.497 e. The Balaban J connectivity index is 1.53. The van der Waals surface area contributed by atoms with Gasteiger partial charge in [0.05, 0.1) is 25.6 Å². The Morgan fingerprint density at radius 2 is 1.61 bits per heavy atom. The number of amides is 1. The third-order valence-electron chi connectivity index (χ3n) is 5.36. The molecule has 1 N–H and O–H groups in total. The number of aromatic nitrogens is 1. The lowest BCUT2D eigenvalue weighted by Crippen LogP contribution is -2.12. The molecule has 0 aliphatic rings. The van der Waals surface area contributed by atoms with Gasteiger partial charge < -0.3 is 14.8 Å². The van der Waals surface area contributed by atoms with E-state index in [-0.39, 0.29) is 5.91 Å². The summed E-state index contributed by atoms with van der Waals surface area (Å²) in [6, 6.07) is 29.2. The molecular weight excluding hydrogens is 412 g/mol. The molecule has 1 heterocycles. The SMILES string of the molecule is COc1ccc(OC)c(-c2cccc(-c3cccc(NC(=O)CCc4ccccc4)c3)n2)c1. The number of benzene rings is 3. The molecule has 5 nitrogen and oxygen atoms in total. The standard InChI is InChI=1S/C28H26N2O3/c1-32-23-15-16-27(33-2)24(19-23)26-13-7-12-25(30-26)21-10-6-11-22(18-21)29-28(31)17-14-20-8-4-3-5-9-20/h3-13,15-16,18-19H,14,17H2,1-2H3,(H,29,31). The van der Waals surface area contributed by atoms with Crippen LogP contribution in [0.5, 0.6) is 11.5 Å². The van der Waals surface area contributed by atoms with Gasteiger partial charge in [0.25, 0.3) is 0 Å². The minimum atomic E-state index is -0.0150. The summed E-state index contributed by atoms with van der Waals surface area (Å²) in [7, 11) is 3.27. The Hall–Kier alpha value is -4.12. The lowest BCUT2D eigenvalue weighted by molar-refractivity contribution is -0.116. The fourth-order valence-corrected chi connectivity index (χ4v) is 3.64.